The summed E-state index contributed by atoms with van der Waals surface area (Å²) >= 11 is 3.63. The van der Waals surface area contributed by atoms with Crippen LogP contribution in [0.3, 0.4) is 0 Å². The molecule has 0 unspecified atom stereocenters. The van der Waals surface area contributed by atoms with E-state index >= 15 is 0 Å². The molecule has 0 spiro atoms. The second-order valence-corrected chi connectivity index (χ2v) is 7.25. The molecule has 0 N–H and O–H groups in total. The maximum absolute atomic E-state index is 3.63. The second kappa shape index (κ2) is 5.35. The van der Waals surface area contributed by atoms with Crippen molar-refractivity contribution >= 4 is 43.8 Å². The van der Waals surface area contributed by atoms with E-state index in [1.807, 2.05) is 0 Å². The summed E-state index contributed by atoms with van der Waals surface area (Å²) in [5, 5.41) is 2.60. The van der Waals surface area contributed by atoms with Gasteiger partial charge in [0.15, 0.2) is 0 Å². The van der Waals surface area contributed by atoms with Crippen LogP contribution in [0.1, 0.15) is 17.5 Å². The number of halogens is 1. The largest absolute Gasteiger partial charge is 0.309 e. The van der Waals surface area contributed by atoms with Crippen molar-refractivity contribution in [3.63, 3.8) is 0 Å². The van der Waals surface area contributed by atoms with Crippen LogP contribution < -0.4 is 0 Å². The highest BCUT2D eigenvalue weighted by atomic mass is 79.9. The molecule has 24 heavy (non-hydrogen) atoms. The predicted molar refractivity (Wildman–Crippen MR) is 106 cm³/mol. The number of hydrogen-bond donors (Lipinski definition) is 0. The summed E-state index contributed by atoms with van der Waals surface area (Å²) in [7, 11) is 0. The summed E-state index contributed by atoms with van der Waals surface area (Å²) in [6, 6.07) is 22.0. The van der Waals surface area contributed by atoms with E-state index in [4.69, 9.17) is 0 Å². The van der Waals surface area contributed by atoms with Gasteiger partial charge >= 0.3 is 0 Å². The number of aromatic nitrogens is 1. The fourth-order valence-corrected chi connectivity index (χ4v) is 4.13. The number of fused-ring (bicyclic) bond motifs is 4. The van der Waals surface area contributed by atoms with Gasteiger partial charge in [-0.05, 0) is 54.3 Å². The van der Waals surface area contributed by atoms with E-state index in [1.165, 1.54) is 38.6 Å². The van der Waals surface area contributed by atoms with Gasteiger partial charge in [-0.15, -0.1) is 0 Å². The minimum Gasteiger partial charge on any atom is -0.309 e. The highest BCUT2D eigenvalue weighted by Crippen LogP contribution is 2.34. The Morgan fingerprint density at radius 1 is 0.833 bits per heavy atom. The fourth-order valence-electron chi connectivity index (χ4n) is 3.78. The van der Waals surface area contributed by atoms with E-state index in [0.29, 0.717) is 0 Å². The van der Waals surface area contributed by atoms with Crippen molar-refractivity contribution in [2.24, 2.45) is 0 Å². The van der Waals surface area contributed by atoms with Crippen molar-refractivity contribution in [3.8, 4) is 5.69 Å². The molecular formula is C22H16BrN. The number of rotatable bonds is 1. The highest BCUT2D eigenvalue weighted by molar-refractivity contribution is 9.10. The van der Waals surface area contributed by atoms with Gasteiger partial charge in [-0.1, -0.05) is 58.4 Å². The lowest BCUT2D eigenvalue weighted by Crippen LogP contribution is -1.99. The van der Waals surface area contributed by atoms with Crippen LogP contribution in [0.25, 0.3) is 33.6 Å². The standard InChI is InChI=1S/C22H16BrN/c23-17-10-12-20-19-7-3-4-8-21(19)24(22(20)14-17)18-11-9-15-5-1-2-6-16(15)13-18/h1,3-5,7-14H,2,6H2. The van der Waals surface area contributed by atoms with Crippen LogP contribution in [-0.2, 0) is 6.42 Å². The first-order valence-electron chi connectivity index (χ1n) is 8.30. The van der Waals surface area contributed by atoms with E-state index < -0.39 is 0 Å². The van der Waals surface area contributed by atoms with Crippen LogP contribution in [0, 0.1) is 0 Å². The van der Waals surface area contributed by atoms with Gasteiger partial charge < -0.3 is 4.57 Å². The Bertz CT molecular complexity index is 1120. The van der Waals surface area contributed by atoms with Crippen molar-refractivity contribution in [1.29, 1.82) is 0 Å². The molecule has 3 aromatic carbocycles. The lowest BCUT2D eigenvalue weighted by molar-refractivity contribution is 0.979. The molecule has 0 amide bonds. The molecule has 1 aliphatic rings. The maximum atomic E-state index is 3.63. The first-order chi connectivity index (χ1) is 11.8. The Morgan fingerprint density at radius 3 is 2.67 bits per heavy atom. The lowest BCUT2D eigenvalue weighted by Gasteiger charge is -2.14. The quantitative estimate of drug-likeness (QED) is 0.358. The van der Waals surface area contributed by atoms with Gasteiger partial charge in [-0.25, -0.2) is 0 Å². The van der Waals surface area contributed by atoms with Crippen LogP contribution in [0.4, 0.5) is 0 Å². The Kier molecular flexibility index (Phi) is 3.14. The minimum atomic E-state index is 1.11. The minimum absolute atomic E-state index is 1.11. The number of benzene rings is 3. The van der Waals surface area contributed by atoms with Gasteiger partial charge in [-0.3, -0.25) is 0 Å². The third kappa shape index (κ3) is 2.06. The second-order valence-electron chi connectivity index (χ2n) is 6.34. The number of hydrogen-bond acceptors (Lipinski definition) is 0. The summed E-state index contributed by atoms with van der Waals surface area (Å²) in [6.45, 7) is 0. The monoisotopic (exact) mass is 373 g/mol. The van der Waals surface area contributed by atoms with E-state index in [-0.39, 0.29) is 0 Å². The Balaban J connectivity index is 1.88. The normalized spacial score (nSPS) is 13.5. The molecule has 0 aliphatic heterocycles. The van der Waals surface area contributed by atoms with Gasteiger partial charge in [0.2, 0.25) is 0 Å². The SMILES string of the molecule is Brc1ccc2c3ccccc3n(-c3ccc4c(c3)CCC=C4)c2c1. The molecule has 0 fully saturated rings. The highest BCUT2D eigenvalue weighted by Gasteiger charge is 2.13. The first kappa shape index (κ1) is 14.1. The van der Waals surface area contributed by atoms with Crippen molar-refractivity contribution in [2.75, 3.05) is 0 Å². The molecule has 1 aromatic heterocycles. The predicted octanol–water partition coefficient (Wildman–Crippen LogP) is 6.51. The number of allylic oxidation sites excluding steroid dienone is 1. The van der Waals surface area contributed by atoms with Gasteiger partial charge in [0, 0.05) is 20.9 Å². The average Bonchev–Trinajstić information content (AvgIpc) is 2.94. The Hall–Kier alpha value is -2.32. The molecule has 0 atom stereocenters. The summed E-state index contributed by atoms with van der Waals surface area (Å²) in [5.74, 6) is 0. The zero-order valence-electron chi connectivity index (χ0n) is 13.2. The summed E-state index contributed by atoms with van der Waals surface area (Å²) in [6.07, 6.45) is 6.76. The topological polar surface area (TPSA) is 4.93 Å². The van der Waals surface area contributed by atoms with Crippen LogP contribution >= 0.6 is 15.9 Å². The molecule has 0 saturated carbocycles. The average molecular weight is 374 g/mol. The fraction of sp³-hybridized carbons (Fsp3) is 0.0909. The van der Waals surface area contributed by atoms with Gasteiger partial charge in [-0.2, -0.15) is 0 Å². The summed E-state index contributed by atoms with van der Waals surface area (Å²) in [5.41, 5.74) is 6.55. The molecule has 0 bridgehead atoms. The molecule has 5 rings (SSSR count). The molecular weight excluding hydrogens is 358 g/mol. The van der Waals surface area contributed by atoms with E-state index in [9.17, 15) is 0 Å². The molecule has 1 aliphatic carbocycles. The molecule has 2 heteroatoms. The summed E-state index contributed by atoms with van der Waals surface area (Å²) < 4.78 is 3.49. The molecule has 4 aromatic rings. The third-order valence-corrected chi connectivity index (χ3v) is 5.39. The number of aryl methyl sites for hydroxylation is 1. The van der Waals surface area contributed by atoms with E-state index in [0.717, 1.165) is 17.3 Å². The molecule has 0 radical (unpaired) electrons. The van der Waals surface area contributed by atoms with Crippen molar-refractivity contribution in [3.05, 3.63) is 82.3 Å². The van der Waals surface area contributed by atoms with Crippen LogP contribution in [0.5, 0.6) is 0 Å². The molecule has 0 saturated heterocycles. The van der Waals surface area contributed by atoms with Crippen LogP contribution in [-0.4, -0.2) is 4.57 Å². The third-order valence-electron chi connectivity index (χ3n) is 4.90. The van der Waals surface area contributed by atoms with E-state index in [2.05, 4.69) is 93.3 Å². The van der Waals surface area contributed by atoms with Crippen molar-refractivity contribution in [1.82, 2.24) is 4.57 Å². The zero-order valence-corrected chi connectivity index (χ0v) is 14.8. The summed E-state index contributed by atoms with van der Waals surface area (Å²) in [4.78, 5) is 0. The zero-order chi connectivity index (χ0) is 16.1. The Labute approximate surface area is 149 Å². The Morgan fingerprint density at radius 2 is 1.71 bits per heavy atom. The van der Waals surface area contributed by atoms with E-state index in [1.54, 1.807) is 0 Å². The lowest BCUT2D eigenvalue weighted by atomic mass is 9.97. The molecule has 116 valence electrons. The van der Waals surface area contributed by atoms with Crippen LogP contribution in [0.15, 0.2) is 71.2 Å². The molecule has 1 heterocycles. The van der Waals surface area contributed by atoms with Crippen molar-refractivity contribution < 1.29 is 0 Å². The van der Waals surface area contributed by atoms with Gasteiger partial charge in [0.05, 0.1) is 11.0 Å². The maximum Gasteiger partial charge on any atom is 0.0552 e. The number of para-hydroxylation sites is 1. The number of nitrogens with zero attached hydrogens (tertiary/aromatic N) is 1. The van der Waals surface area contributed by atoms with Gasteiger partial charge in [0.25, 0.3) is 0 Å². The van der Waals surface area contributed by atoms with Crippen molar-refractivity contribution in [2.45, 2.75) is 12.8 Å². The molecule has 1 nitrogen and oxygen atoms in total. The van der Waals surface area contributed by atoms with Crippen LogP contribution in [0.2, 0.25) is 0 Å². The first-order valence-corrected chi connectivity index (χ1v) is 9.09. The smallest absolute Gasteiger partial charge is 0.0552 e. The van der Waals surface area contributed by atoms with Gasteiger partial charge in [0.1, 0.15) is 0 Å².